The lowest BCUT2D eigenvalue weighted by Gasteiger charge is -2.05. The predicted molar refractivity (Wildman–Crippen MR) is 71.7 cm³/mol. The minimum absolute atomic E-state index is 0.0205. The Balaban J connectivity index is 2.11. The van der Waals surface area contributed by atoms with Crippen molar-refractivity contribution in [1.29, 1.82) is 0 Å². The second-order valence-corrected chi connectivity index (χ2v) is 4.75. The molecule has 94 valence electrons. The number of nitrogens with two attached hydrogens (primary N) is 1. The molecule has 0 aliphatic heterocycles. The summed E-state index contributed by atoms with van der Waals surface area (Å²) >= 11 is 1.54. The zero-order chi connectivity index (χ0) is 13.1. The topological polar surface area (TPSA) is 94.1 Å². The van der Waals surface area contributed by atoms with E-state index in [1.165, 1.54) is 12.1 Å². The van der Waals surface area contributed by atoms with E-state index in [2.05, 4.69) is 10.3 Å². The molecule has 6 nitrogen and oxygen atoms in total. The molecule has 1 aromatic heterocycles. The Labute approximate surface area is 108 Å². The molecule has 2 aromatic rings. The summed E-state index contributed by atoms with van der Waals surface area (Å²) in [5.74, 6) is 0. The Bertz CT molecular complexity index is 582. The lowest BCUT2D eigenvalue weighted by atomic mass is 10.2. The Morgan fingerprint density at radius 3 is 2.89 bits per heavy atom. The molecular weight excluding hydrogens is 252 g/mol. The van der Waals surface area contributed by atoms with Gasteiger partial charge in [-0.25, -0.2) is 4.98 Å². The van der Waals surface area contributed by atoms with Crippen LogP contribution in [0.4, 0.5) is 17.1 Å². The van der Waals surface area contributed by atoms with E-state index in [0.717, 1.165) is 10.7 Å². The molecule has 1 aromatic carbocycles. The molecule has 0 saturated heterocycles. The number of anilines is 2. The third-order valence-corrected chi connectivity index (χ3v) is 3.23. The van der Waals surface area contributed by atoms with Crippen LogP contribution in [-0.4, -0.2) is 9.91 Å². The summed E-state index contributed by atoms with van der Waals surface area (Å²) in [5.41, 5.74) is 7.54. The number of nitro groups is 1. The van der Waals surface area contributed by atoms with Gasteiger partial charge in [0.05, 0.1) is 11.5 Å². The number of rotatable bonds is 4. The molecule has 0 unspecified atom stereocenters. The summed E-state index contributed by atoms with van der Waals surface area (Å²) in [7, 11) is 0. The number of hydrogen-bond acceptors (Lipinski definition) is 6. The zero-order valence-corrected chi connectivity index (χ0v) is 10.5. The monoisotopic (exact) mass is 264 g/mol. The summed E-state index contributed by atoms with van der Waals surface area (Å²) in [4.78, 5) is 14.5. The molecule has 0 aliphatic carbocycles. The van der Waals surface area contributed by atoms with Crippen LogP contribution in [0.15, 0.2) is 23.6 Å². The quantitative estimate of drug-likeness (QED) is 0.502. The normalized spacial score (nSPS) is 10.3. The van der Waals surface area contributed by atoms with Gasteiger partial charge in [0.15, 0.2) is 0 Å². The number of aryl methyl sites for hydroxylation is 1. The SMILES string of the molecule is Cc1csc(CNc2cc(N)cc([N+](=O)[O-])c2)n1. The number of nitrogens with zero attached hydrogens (tertiary/aromatic N) is 2. The van der Waals surface area contributed by atoms with Crippen molar-refractivity contribution in [2.24, 2.45) is 0 Å². The fourth-order valence-corrected chi connectivity index (χ4v) is 2.22. The third kappa shape index (κ3) is 2.95. The number of nitrogen functional groups attached to an aromatic ring is 1. The number of nitro benzene ring substituents is 1. The Morgan fingerprint density at radius 1 is 1.50 bits per heavy atom. The highest BCUT2D eigenvalue weighted by Crippen LogP contribution is 2.23. The van der Waals surface area contributed by atoms with Crippen molar-refractivity contribution in [2.75, 3.05) is 11.1 Å². The summed E-state index contributed by atoms with van der Waals surface area (Å²) in [5, 5.41) is 16.7. The van der Waals surface area contributed by atoms with Gasteiger partial charge in [-0.05, 0) is 13.0 Å². The van der Waals surface area contributed by atoms with E-state index in [0.29, 0.717) is 17.9 Å². The molecule has 0 saturated carbocycles. The van der Waals surface area contributed by atoms with Crippen LogP contribution < -0.4 is 11.1 Å². The second-order valence-electron chi connectivity index (χ2n) is 3.81. The molecule has 3 N–H and O–H groups in total. The summed E-state index contributed by atoms with van der Waals surface area (Å²) < 4.78 is 0. The van der Waals surface area contributed by atoms with Crippen molar-refractivity contribution in [2.45, 2.75) is 13.5 Å². The minimum Gasteiger partial charge on any atom is -0.398 e. The summed E-state index contributed by atoms with van der Waals surface area (Å²) in [6, 6.07) is 4.45. The number of benzene rings is 1. The molecule has 0 atom stereocenters. The van der Waals surface area contributed by atoms with Gasteiger partial charge in [0, 0.05) is 34.6 Å². The van der Waals surface area contributed by atoms with Crippen LogP contribution in [0.25, 0.3) is 0 Å². The van der Waals surface area contributed by atoms with Crippen molar-refractivity contribution in [3.05, 3.63) is 44.4 Å². The molecule has 0 radical (unpaired) electrons. The first kappa shape index (κ1) is 12.3. The first-order valence-electron chi connectivity index (χ1n) is 5.24. The van der Waals surface area contributed by atoms with Crippen molar-refractivity contribution in [1.82, 2.24) is 4.98 Å². The number of hydrogen-bond donors (Lipinski definition) is 2. The van der Waals surface area contributed by atoms with Gasteiger partial charge in [0.25, 0.3) is 5.69 Å². The van der Waals surface area contributed by atoms with Crippen LogP contribution in [0.1, 0.15) is 10.7 Å². The van der Waals surface area contributed by atoms with Gasteiger partial charge >= 0.3 is 0 Å². The highest BCUT2D eigenvalue weighted by molar-refractivity contribution is 7.09. The molecule has 0 aliphatic rings. The molecule has 0 fully saturated rings. The Morgan fingerprint density at radius 2 is 2.28 bits per heavy atom. The van der Waals surface area contributed by atoms with Gasteiger partial charge in [-0.2, -0.15) is 0 Å². The molecule has 0 amide bonds. The first-order valence-corrected chi connectivity index (χ1v) is 6.12. The number of thiazole rings is 1. The number of nitrogens with one attached hydrogen (secondary N) is 1. The van der Waals surface area contributed by atoms with E-state index < -0.39 is 4.92 Å². The average molecular weight is 264 g/mol. The maximum Gasteiger partial charge on any atom is 0.273 e. The third-order valence-electron chi connectivity index (χ3n) is 2.26. The van der Waals surface area contributed by atoms with Crippen LogP contribution >= 0.6 is 11.3 Å². The Hall–Kier alpha value is -2.15. The molecule has 2 rings (SSSR count). The molecule has 0 spiro atoms. The van der Waals surface area contributed by atoms with Gasteiger partial charge < -0.3 is 11.1 Å². The predicted octanol–water partition coefficient (Wildman–Crippen LogP) is 2.55. The average Bonchev–Trinajstić information content (AvgIpc) is 2.72. The van der Waals surface area contributed by atoms with Crippen LogP contribution in [0.3, 0.4) is 0 Å². The fraction of sp³-hybridized carbons (Fsp3) is 0.182. The fourth-order valence-electron chi connectivity index (χ4n) is 1.50. The van der Waals surface area contributed by atoms with Crippen molar-refractivity contribution in [3.8, 4) is 0 Å². The lowest BCUT2D eigenvalue weighted by Crippen LogP contribution is -2.01. The van der Waals surface area contributed by atoms with Crippen LogP contribution in [0, 0.1) is 17.0 Å². The lowest BCUT2D eigenvalue weighted by molar-refractivity contribution is -0.384. The van der Waals surface area contributed by atoms with Gasteiger partial charge in [0.1, 0.15) is 5.01 Å². The van der Waals surface area contributed by atoms with Crippen LogP contribution in [0.2, 0.25) is 0 Å². The van der Waals surface area contributed by atoms with Gasteiger partial charge in [-0.1, -0.05) is 0 Å². The van der Waals surface area contributed by atoms with Gasteiger partial charge in [-0.15, -0.1) is 11.3 Å². The van der Waals surface area contributed by atoms with E-state index in [4.69, 9.17) is 5.73 Å². The van der Waals surface area contributed by atoms with E-state index in [1.807, 2.05) is 12.3 Å². The molecule has 1 heterocycles. The highest BCUT2D eigenvalue weighted by atomic mass is 32.1. The molecule has 0 bridgehead atoms. The standard InChI is InChI=1S/C11H12N4O2S/c1-7-6-18-11(14-7)5-13-9-2-8(12)3-10(4-9)15(16)17/h2-4,6,13H,5,12H2,1H3. The molecule has 18 heavy (non-hydrogen) atoms. The Kier molecular flexibility index (Phi) is 3.42. The maximum absolute atomic E-state index is 10.7. The minimum atomic E-state index is -0.463. The highest BCUT2D eigenvalue weighted by Gasteiger charge is 2.08. The molecular formula is C11H12N4O2S. The van der Waals surface area contributed by atoms with Crippen molar-refractivity contribution >= 4 is 28.4 Å². The number of aromatic nitrogens is 1. The second kappa shape index (κ2) is 5.01. The summed E-state index contributed by atoms with van der Waals surface area (Å²) in [6.07, 6.45) is 0. The maximum atomic E-state index is 10.7. The van der Waals surface area contributed by atoms with Crippen molar-refractivity contribution < 1.29 is 4.92 Å². The van der Waals surface area contributed by atoms with E-state index >= 15 is 0 Å². The van der Waals surface area contributed by atoms with Gasteiger partial charge in [-0.3, -0.25) is 10.1 Å². The van der Waals surface area contributed by atoms with Crippen LogP contribution in [-0.2, 0) is 6.54 Å². The summed E-state index contributed by atoms with van der Waals surface area (Å²) in [6.45, 7) is 2.45. The van der Waals surface area contributed by atoms with Crippen molar-refractivity contribution in [3.63, 3.8) is 0 Å². The van der Waals surface area contributed by atoms with Crippen LogP contribution in [0.5, 0.6) is 0 Å². The van der Waals surface area contributed by atoms with E-state index in [1.54, 1.807) is 17.4 Å². The zero-order valence-electron chi connectivity index (χ0n) is 9.71. The molecule has 7 heteroatoms. The smallest absolute Gasteiger partial charge is 0.273 e. The largest absolute Gasteiger partial charge is 0.398 e. The van der Waals surface area contributed by atoms with Gasteiger partial charge in [0.2, 0.25) is 0 Å². The number of non-ortho nitro benzene ring substituents is 1. The van der Waals surface area contributed by atoms with E-state index in [-0.39, 0.29) is 5.69 Å². The first-order chi connectivity index (χ1) is 8.54. The van der Waals surface area contributed by atoms with E-state index in [9.17, 15) is 10.1 Å².